The van der Waals surface area contributed by atoms with E-state index in [1.54, 1.807) is 0 Å². The Labute approximate surface area is 102 Å². The minimum absolute atomic E-state index is 0.0215. The number of carboxylic acid groups (broad SMARTS) is 1. The molecule has 0 heterocycles. The number of hydrogen-bond donors (Lipinski definition) is 1. The van der Waals surface area contributed by atoms with Crippen LogP contribution < -0.4 is 4.74 Å². The van der Waals surface area contributed by atoms with Crippen molar-refractivity contribution < 1.29 is 24.0 Å². The van der Waals surface area contributed by atoms with Gasteiger partial charge in [-0.05, 0) is 18.9 Å². The molecule has 98 valence electrons. The Morgan fingerprint density at radius 1 is 1.56 bits per heavy atom. The van der Waals surface area contributed by atoms with Crippen LogP contribution in [0.15, 0.2) is 12.1 Å². The van der Waals surface area contributed by atoms with Gasteiger partial charge in [-0.2, -0.15) is 0 Å². The number of nitrogens with zero attached hydrogens (tertiary/aromatic N) is 1. The van der Waals surface area contributed by atoms with Crippen LogP contribution in [0.3, 0.4) is 0 Å². The van der Waals surface area contributed by atoms with E-state index in [-0.39, 0.29) is 25.0 Å². The first-order valence-corrected chi connectivity index (χ1v) is 5.18. The van der Waals surface area contributed by atoms with Crippen LogP contribution in [-0.4, -0.2) is 23.1 Å². The van der Waals surface area contributed by atoms with E-state index in [1.165, 1.54) is 7.11 Å². The van der Waals surface area contributed by atoms with Crippen molar-refractivity contribution in [2.75, 3.05) is 7.11 Å². The van der Waals surface area contributed by atoms with Crippen LogP contribution in [0.2, 0.25) is 0 Å². The highest BCUT2D eigenvalue weighted by molar-refractivity contribution is 5.66. The van der Waals surface area contributed by atoms with E-state index in [0.717, 1.165) is 12.1 Å². The maximum absolute atomic E-state index is 13.2. The van der Waals surface area contributed by atoms with Crippen LogP contribution in [0, 0.1) is 15.9 Å². The van der Waals surface area contributed by atoms with Gasteiger partial charge in [-0.15, -0.1) is 0 Å². The highest BCUT2D eigenvalue weighted by Crippen LogP contribution is 2.32. The second-order valence-corrected chi connectivity index (χ2v) is 3.62. The molecule has 0 aliphatic carbocycles. The van der Waals surface area contributed by atoms with E-state index < -0.39 is 22.4 Å². The first-order valence-electron chi connectivity index (χ1n) is 5.18. The monoisotopic (exact) mass is 257 g/mol. The van der Waals surface area contributed by atoms with Crippen molar-refractivity contribution in [3.8, 4) is 5.75 Å². The lowest BCUT2D eigenvalue weighted by Crippen LogP contribution is -2.01. The SMILES string of the molecule is COc1c(CCCC(=O)O)cc(F)cc1[N+](=O)[O-]. The summed E-state index contributed by atoms with van der Waals surface area (Å²) in [6.45, 7) is 0. The topological polar surface area (TPSA) is 89.7 Å². The van der Waals surface area contributed by atoms with Gasteiger partial charge in [0.25, 0.3) is 0 Å². The van der Waals surface area contributed by atoms with Gasteiger partial charge in [0.15, 0.2) is 5.75 Å². The van der Waals surface area contributed by atoms with Gasteiger partial charge in [0, 0.05) is 12.0 Å². The smallest absolute Gasteiger partial charge is 0.314 e. The fourth-order valence-electron chi connectivity index (χ4n) is 1.62. The Morgan fingerprint density at radius 3 is 2.72 bits per heavy atom. The molecule has 1 aromatic rings. The van der Waals surface area contributed by atoms with E-state index in [9.17, 15) is 19.3 Å². The van der Waals surface area contributed by atoms with Crippen LogP contribution >= 0.6 is 0 Å². The molecule has 7 heteroatoms. The second kappa shape index (κ2) is 5.95. The highest BCUT2D eigenvalue weighted by Gasteiger charge is 2.20. The predicted molar refractivity (Wildman–Crippen MR) is 60.2 cm³/mol. The van der Waals surface area contributed by atoms with Crippen LogP contribution in [0.5, 0.6) is 5.75 Å². The largest absolute Gasteiger partial charge is 0.490 e. The van der Waals surface area contributed by atoms with Crippen LogP contribution in [0.1, 0.15) is 18.4 Å². The summed E-state index contributed by atoms with van der Waals surface area (Å²) < 4.78 is 18.1. The summed E-state index contributed by atoms with van der Waals surface area (Å²) in [6, 6.07) is 1.90. The number of rotatable bonds is 6. The zero-order valence-corrected chi connectivity index (χ0v) is 9.68. The van der Waals surface area contributed by atoms with E-state index >= 15 is 0 Å². The van der Waals surface area contributed by atoms with Crippen LogP contribution in [-0.2, 0) is 11.2 Å². The molecule has 1 aromatic carbocycles. The molecule has 0 atom stereocenters. The molecule has 0 radical (unpaired) electrons. The highest BCUT2D eigenvalue weighted by atomic mass is 19.1. The fraction of sp³-hybridized carbons (Fsp3) is 0.364. The van der Waals surface area contributed by atoms with E-state index in [0.29, 0.717) is 5.56 Å². The second-order valence-electron chi connectivity index (χ2n) is 3.62. The van der Waals surface area contributed by atoms with Crippen molar-refractivity contribution in [2.45, 2.75) is 19.3 Å². The van der Waals surface area contributed by atoms with Crippen molar-refractivity contribution in [3.05, 3.63) is 33.6 Å². The zero-order valence-electron chi connectivity index (χ0n) is 9.68. The molecule has 0 bridgehead atoms. The fourth-order valence-corrected chi connectivity index (χ4v) is 1.62. The molecule has 1 rings (SSSR count). The number of aliphatic carboxylic acids is 1. The molecule has 18 heavy (non-hydrogen) atoms. The van der Waals surface area contributed by atoms with Gasteiger partial charge in [-0.3, -0.25) is 14.9 Å². The number of hydrogen-bond acceptors (Lipinski definition) is 4. The van der Waals surface area contributed by atoms with Crippen LogP contribution in [0.25, 0.3) is 0 Å². The summed E-state index contributed by atoms with van der Waals surface area (Å²) in [5, 5.41) is 19.2. The molecule has 0 amide bonds. The maximum Gasteiger partial charge on any atom is 0.314 e. The third-order valence-corrected chi connectivity index (χ3v) is 2.35. The van der Waals surface area contributed by atoms with Crippen molar-refractivity contribution in [3.63, 3.8) is 0 Å². The Morgan fingerprint density at radius 2 is 2.22 bits per heavy atom. The van der Waals surface area contributed by atoms with Gasteiger partial charge >= 0.3 is 11.7 Å². The van der Waals surface area contributed by atoms with Gasteiger partial charge in [0.1, 0.15) is 5.82 Å². The molecule has 0 saturated carbocycles. The lowest BCUT2D eigenvalue weighted by molar-refractivity contribution is -0.386. The lowest BCUT2D eigenvalue weighted by Gasteiger charge is -2.08. The van der Waals surface area contributed by atoms with E-state index in [2.05, 4.69) is 0 Å². The first kappa shape index (κ1) is 13.9. The van der Waals surface area contributed by atoms with Gasteiger partial charge in [0.2, 0.25) is 0 Å². The number of nitro benzene ring substituents is 1. The standard InChI is InChI=1S/C11H12FNO5/c1-18-11-7(3-2-4-10(14)15)5-8(12)6-9(11)13(16)17/h5-6H,2-4H2,1H3,(H,14,15). The summed E-state index contributed by atoms with van der Waals surface area (Å²) in [6.07, 6.45) is 0.369. The maximum atomic E-state index is 13.2. The predicted octanol–water partition coefficient (Wildman–Crippen LogP) is 2.15. The molecule has 6 nitrogen and oxygen atoms in total. The van der Waals surface area contributed by atoms with Gasteiger partial charge in [0.05, 0.1) is 18.1 Å². The number of ether oxygens (including phenoxy) is 1. The Bertz CT molecular complexity index is 475. The molecule has 0 aromatic heterocycles. The quantitative estimate of drug-likeness (QED) is 0.623. The summed E-state index contributed by atoms with van der Waals surface area (Å²) >= 11 is 0. The van der Waals surface area contributed by atoms with Gasteiger partial charge in [-0.25, -0.2) is 4.39 Å². The van der Waals surface area contributed by atoms with Crippen molar-refractivity contribution in [1.82, 2.24) is 0 Å². The van der Waals surface area contributed by atoms with Gasteiger partial charge < -0.3 is 9.84 Å². The average Bonchev–Trinajstić information content (AvgIpc) is 2.27. The number of methoxy groups -OCH3 is 1. The number of nitro groups is 1. The number of aryl methyl sites for hydroxylation is 1. The molecule has 0 aliphatic rings. The normalized spacial score (nSPS) is 10.1. The van der Waals surface area contributed by atoms with Crippen molar-refractivity contribution in [2.24, 2.45) is 0 Å². The Hall–Kier alpha value is -2.18. The van der Waals surface area contributed by atoms with Crippen molar-refractivity contribution >= 4 is 11.7 Å². The van der Waals surface area contributed by atoms with E-state index in [1.807, 2.05) is 0 Å². The first-order chi connectivity index (χ1) is 8.45. The van der Waals surface area contributed by atoms with Gasteiger partial charge in [-0.1, -0.05) is 0 Å². The average molecular weight is 257 g/mol. The number of carboxylic acids is 1. The summed E-state index contributed by atoms with van der Waals surface area (Å²) in [7, 11) is 1.25. The number of carbonyl (C=O) groups is 1. The molecule has 0 unspecified atom stereocenters. The zero-order chi connectivity index (χ0) is 13.7. The Kier molecular flexibility index (Phi) is 4.59. The van der Waals surface area contributed by atoms with E-state index in [4.69, 9.17) is 9.84 Å². The third-order valence-electron chi connectivity index (χ3n) is 2.35. The summed E-state index contributed by atoms with van der Waals surface area (Å²) in [5.74, 6) is -1.74. The number of benzene rings is 1. The van der Waals surface area contributed by atoms with Crippen molar-refractivity contribution in [1.29, 1.82) is 0 Å². The number of halogens is 1. The summed E-state index contributed by atoms with van der Waals surface area (Å²) in [5.41, 5.74) is -0.159. The third kappa shape index (κ3) is 3.41. The lowest BCUT2D eigenvalue weighted by atomic mass is 10.1. The Balaban J connectivity index is 3.02. The minimum atomic E-state index is -0.972. The summed E-state index contributed by atoms with van der Waals surface area (Å²) in [4.78, 5) is 20.4. The molecule has 0 fully saturated rings. The molecular formula is C11H12FNO5. The molecule has 0 aliphatic heterocycles. The van der Waals surface area contributed by atoms with Crippen LogP contribution in [0.4, 0.5) is 10.1 Å². The molecule has 0 spiro atoms. The molecule has 0 saturated heterocycles. The molecule has 1 N–H and O–H groups in total. The minimum Gasteiger partial charge on any atom is -0.490 e. The molecular weight excluding hydrogens is 245 g/mol.